The molecule has 0 fully saturated rings. The quantitative estimate of drug-likeness (QED) is 0.352. The maximum Gasteiger partial charge on any atom is 0.340 e. The Balaban J connectivity index is 1.68. The van der Waals surface area contributed by atoms with E-state index in [-0.39, 0.29) is 12.8 Å². The van der Waals surface area contributed by atoms with E-state index in [2.05, 4.69) is 15.0 Å². The van der Waals surface area contributed by atoms with Gasteiger partial charge in [-0.1, -0.05) is 23.5 Å². The molecule has 0 aliphatic heterocycles. The highest BCUT2D eigenvalue weighted by Gasteiger charge is 2.44. The summed E-state index contributed by atoms with van der Waals surface area (Å²) in [6.07, 6.45) is -0.388. The highest BCUT2D eigenvalue weighted by atomic mass is 32.1. The van der Waals surface area contributed by atoms with Gasteiger partial charge in [-0.25, -0.2) is 13.8 Å². The lowest BCUT2D eigenvalue weighted by atomic mass is 9.82. The third-order valence-electron chi connectivity index (χ3n) is 4.70. The number of anilines is 1. The van der Waals surface area contributed by atoms with Gasteiger partial charge in [0.05, 0.1) is 28.7 Å². The van der Waals surface area contributed by atoms with Gasteiger partial charge >= 0.3 is 18.3 Å². The Labute approximate surface area is 179 Å². The number of aromatic nitrogens is 1. The molecular formula is C20H20F4N2O4S. The van der Waals surface area contributed by atoms with Gasteiger partial charge in [0.25, 0.3) is 0 Å². The lowest BCUT2D eigenvalue weighted by Crippen LogP contribution is -2.39. The second-order valence-electron chi connectivity index (χ2n) is 6.90. The smallest absolute Gasteiger partial charge is 0.340 e. The minimum Gasteiger partial charge on any atom is -0.494 e. The molecular weight excluding hydrogens is 440 g/mol. The minimum absolute atomic E-state index is 0.0781. The first-order chi connectivity index (χ1) is 14.7. The molecule has 0 unspecified atom stereocenters. The summed E-state index contributed by atoms with van der Waals surface area (Å²) in [4.78, 5) is 29.3. The van der Waals surface area contributed by atoms with E-state index in [1.807, 2.05) is 6.92 Å². The predicted molar refractivity (Wildman–Crippen MR) is 107 cm³/mol. The van der Waals surface area contributed by atoms with Crippen molar-refractivity contribution < 1.29 is 36.6 Å². The Morgan fingerprint density at radius 2 is 1.97 bits per heavy atom. The molecule has 0 bridgehead atoms. The third-order valence-corrected chi connectivity index (χ3v) is 5.63. The van der Waals surface area contributed by atoms with Crippen LogP contribution in [0, 0.1) is 11.8 Å². The topological polar surface area (TPSA) is 77.5 Å². The SMILES string of the molecule is CCOc1ccc2nc(NC(=O)[C@H]3CC=CC[C@@H]3C(=O)OCC(F)(F)C(F)F)sc2c1. The van der Waals surface area contributed by atoms with E-state index < -0.39 is 42.7 Å². The summed E-state index contributed by atoms with van der Waals surface area (Å²) in [6.45, 7) is 0.624. The fourth-order valence-electron chi connectivity index (χ4n) is 3.11. The van der Waals surface area contributed by atoms with E-state index >= 15 is 0 Å². The number of alkyl halides is 4. The van der Waals surface area contributed by atoms with Gasteiger partial charge in [0.1, 0.15) is 5.75 Å². The van der Waals surface area contributed by atoms with Gasteiger partial charge < -0.3 is 14.8 Å². The summed E-state index contributed by atoms with van der Waals surface area (Å²) >= 11 is 1.22. The van der Waals surface area contributed by atoms with Crippen LogP contribution in [0.5, 0.6) is 5.75 Å². The van der Waals surface area contributed by atoms with Gasteiger partial charge in [-0.05, 0) is 38.0 Å². The summed E-state index contributed by atoms with van der Waals surface area (Å²) in [5, 5.41) is 2.95. The van der Waals surface area contributed by atoms with Crippen LogP contribution in [-0.2, 0) is 14.3 Å². The Morgan fingerprint density at radius 3 is 2.65 bits per heavy atom. The number of rotatable bonds is 8. The van der Waals surface area contributed by atoms with E-state index in [0.29, 0.717) is 23.0 Å². The van der Waals surface area contributed by atoms with Crippen molar-refractivity contribution in [3.05, 3.63) is 30.4 Å². The van der Waals surface area contributed by atoms with E-state index in [0.717, 1.165) is 4.70 Å². The summed E-state index contributed by atoms with van der Waals surface area (Å²) in [5.74, 6) is -7.39. The maximum atomic E-state index is 13.1. The molecule has 1 aromatic carbocycles. The number of nitrogens with zero attached hydrogens (tertiary/aromatic N) is 1. The van der Waals surface area contributed by atoms with Crippen molar-refractivity contribution in [3.63, 3.8) is 0 Å². The number of amides is 1. The zero-order chi connectivity index (χ0) is 22.6. The number of allylic oxidation sites excluding steroid dienone is 2. The minimum atomic E-state index is -4.45. The van der Waals surface area contributed by atoms with Crippen molar-refractivity contribution in [2.45, 2.75) is 32.1 Å². The molecule has 2 aromatic rings. The number of hydrogen-bond acceptors (Lipinski definition) is 6. The second-order valence-corrected chi connectivity index (χ2v) is 7.93. The summed E-state index contributed by atoms with van der Waals surface area (Å²) in [5.41, 5.74) is 0.650. The molecule has 0 radical (unpaired) electrons. The molecule has 1 aromatic heterocycles. The first-order valence-electron chi connectivity index (χ1n) is 9.53. The Kier molecular flexibility index (Phi) is 7.14. The van der Waals surface area contributed by atoms with Crippen molar-refractivity contribution in [2.75, 3.05) is 18.5 Å². The van der Waals surface area contributed by atoms with Crippen molar-refractivity contribution in [3.8, 4) is 5.75 Å². The zero-order valence-electron chi connectivity index (χ0n) is 16.4. The van der Waals surface area contributed by atoms with Crippen LogP contribution < -0.4 is 10.1 Å². The number of fused-ring (bicyclic) bond motifs is 1. The molecule has 1 heterocycles. The first kappa shape index (κ1) is 23.0. The molecule has 3 rings (SSSR count). The number of esters is 1. The maximum absolute atomic E-state index is 13.1. The number of hydrogen-bond donors (Lipinski definition) is 1. The number of thiazole rings is 1. The van der Waals surface area contributed by atoms with Crippen LogP contribution >= 0.6 is 11.3 Å². The van der Waals surface area contributed by atoms with E-state index in [1.54, 1.807) is 30.4 Å². The second kappa shape index (κ2) is 9.63. The van der Waals surface area contributed by atoms with Crippen LogP contribution in [0.25, 0.3) is 10.2 Å². The van der Waals surface area contributed by atoms with Crippen LogP contribution in [0.4, 0.5) is 22.7 Å². The average Bonchev–Trinajstić information content (AvgIpc) is 3.13. The lowest BCUT2D eigenvalue weighted by molar-refractivity contribution is -0.184. The molecule has 11 heteroatoms. The summed E-state index contributed by atoms with van der Waals surface area (Å²) in [6, 6.07) is 5.29. The van der Waals surface area contributed by atoms with Gasteiger partial charge in [-0.2, -0.15) is 8.78 Å². The Hall–Kier alpha value is -2.69. The fourth-order valence-corrected chi connectivity index (χ4v) is 4.01. The van der Waals surface area contributed by atoms with Crippen molar-refractivity contribution >= 4 is 38.6 Å². The van der Waals surface area contributed by atoms with Crippen LogP contribution in [0.15, 0.2) is 30.4 Å². The van der Waals surface area contributed by atoms with Gasteiger partial charge in [0, 0.05) is 0 Å². The summed E-state index contributed by atoms with van der Waals surface area (Å²) < 4.78 is 61.3. The van der Waals surface area contributed by atoms with Gasteiger partial charge in [0.15, 0.2) is 11.7 Å². The van der Waals surface area contributed by atoms with Crippen LogP contribution in [0.2, 0.25) is 0 Å². The van der Waals surface area contributed by atoms with Crippen molar-refractivity contribution in [1.82, 2.24) is 4.98 Å². The third kappa shape index (κ3) is 5.52. The zero-order valence-corrected chi connectivity index (χ0v) is 17.3. The number of carbonyl (C=O) groups is 2. The standard InChI is InChI=1S/C20H20F4N2O4S/c1-2-29-11-7-8-14-15(9-11)31-19(25-14)26-16(27)12-5-3-4-6-13(12)17(28)30-10-20(23,24)18(21)22/h3-4,7-9,12-13,18H,2,5-6,10H2,1H3,(H,25,26,27)/t12-,13-/m0/s1. The molecule has 1 N–H and O–H groups in total. The van der Waals surface area contributed by atoms with Crippen molar-refractivity contribution in [1.29, 1.82) is 0 Å². The van der Waals surface area contributed by atoms with Crippen molar-refractivity contribution in [2.24, 2.45) is 11.8 Å². The molecule has 31 heavy (non-hydrogen) atoms. The highest BCUT2D eigenvalue weighted by Crippen LogP contribution is 2.32. The van der Waals surface area contributed by atoms with Crippen LogP contribution in [0.3, 0.4) is 0 Å². The fraction of sp³-hybridized carbons (Fsp3) is 0.450. The van der Waals surface area contributed by atoms with Gasteiger partial charge in [-0.15, -0.1) is 0 Å². The largest absolute Gasteiger partial charge is 0.494 e. The molecule has 2 atom stereocenters. The summed E-state index contributed by atoms with van der Waals surface area (Å²) in [7, 11) is 0. The molecule has 168 valence electrons. The normalized spacial score (nSPS) is 18.9. The molecule has 6 nitrogen and oxygen atoms in total. The van der Waals surface area contributed by atoms with Crippen LogP contribution in [0.1, 0.15) is 19.8 Å². The van der Waals surface area contributed by atoms with E-state index in [4.69, 9.17) is 4.74 Å². The molecule has 1 amide bonds. The van der Waals surface area contributed by atoms with Crippen LogP contribution in [-0.4, -0.2) is 42.4 Å². The Morgan fingerprint density at radius 1 is 1.26 bits per heavy atom. The molecule has 1 aliphatic carbocycles. The van der Waals surface area contributed by atoms with Gasteiger partial charge in [-0.3, -0.25) is 9.59 Å². The number of halogens is 4. The molecule has 0 spiro atoms. The molecule has 0 saturated carbocycles. The number of ether oxygens (including phenoxy) is 2. The van der Waals surface area contributed by atoms with E-state index in [1.165, 1.54) is 11.3 Å². The van der Waals surface area contributed by atoms with Gasteiger partial charge in [0.2, 0.25) is 5.91 Å². The molecule has 1 aliphatic rings. The number of benzene rings is 1. The first-order valence-corrected chi connectivity index (χ1v) is 10.3. The van der Waals surface area contributed by atoms with E-state index in [9.17, 15) is 27.2 Å². The number of nitrogens with one attached hydrogen (secondary N) is 1. The molecule has 0 saturated heterocycles. The predicted octanol–water partition coefficient (Wildman–Crippen LogP) is 4.66. The average molecular weight is 460 g/mol. The monoisotopic (exact) mass is 460 g/mol. The number of carbonyl (C=O) groups excluding carboxylic acids is 2. The highest BCUT2D eigenvalue weighted by molar-refractivity contribution is 7.22. The Bertz CT molecular complexity index is 979. The lowest BCUT2D eigenvalue weighted by Gasteiger charge is -2.26.